The van der Waals surface area contributed by atoms with Crippen LogP contribution in [0.2, 0.25) is 5.02 Å². The molecule has 112 valence electrons. The van der Waals surface area contributed by atoms with E-state index < -0.39 is 0 Å². The Hall–Kier alpha value is -2.18. The average Bonchev–Trinajstić information content (AvgIpc) is 3.19. The van der Waals surface area contributed by atoms with Gasteiger partial charge in [-0.25, -0.2) is 15.0 Å². The van der Waals surface area contributed by atoms with Gasteiger partial charge < -0.3 is 15.6 Å². The molecule has 0 amide bonds. The van der Waals surface area contributed by atoms with Crippen LogP contribution >= 0.6 is 11.6 Å². The summed E-state index contributed by atoms with van der Waals surface area (Å²) in [6.07, 6.45) is 6.35. The largest absolute Gasteiger partial charge is 0.350 e. The highest BCUT2D eigenvalue weighted by Gasteiger charge is 2.17. The summed E-state index contributed by atoms with van der Waals surface area (Å²) in [5, 5.41) is 8.19. The lowest BCUT2D eigenvalue weighted by Gasteiger charge is -2.12. The highest BCUT2D eigenvalue weighted by Crippen LogP contribution is 2.31. The van der Waals surface area contributed by atoms with Crippen LogP contribution in [0.1, 0.15) is 6.42 Å². The molecule has 1 aliphatic heterocycles. The third-order valence-corrected chi connectivity index (χ3v) is 4.12. The zero-order valence-electron chi connectivity index (χ0n) is 11.8. The van der Waals surface area contributed by atoms with Gasteiger partial charge in [0.15, 0.2) is 0 Å². The number of aromatic amines is 1. The Balaban J connectivity index is 1.74. The Morgan fingerprint density at radius 2 is 2.27 bits per heavy atom. The van der Waals surface area contributed by atoms with E-state index in [-0.39, 0.29) is 0 Å². The number of fused-ring (bicyclic) bond motifs is 1. The Labute approximate surface area is 132 Å². The van der Waals surface area contributed by atoms with Gasteiger partial charge in [-0.3, -0.25) is 0 Å². The maximum atomic E-state index is 6.31. The van der Waals surface area contributed by atoms with Gasteiger partial charge in [0, 0.05) is 35.9 Å². The van der Waals surface area contributed by atoms with Crippen molar-refractivity contribution in [2.24, 2.45) is 0 Å². The van der Waals surface area contributed by atoms with Crippen molar-refractivity contribution >= 4 is 28.6 Å². The maximum Gasteiger partial charge on any atom is 0.223 e. The van der Waals surface area contributed by atoms with Gasteiger partial charge in [-0.15, -0.1) is 0 Å². The lowest BCUT2D eigenvalue weighted by atomic mass is 10.1. The molecule has 1 saturated heterocycles. The second kappa shape index (κ2) is 5.55. The van der Waals surface area contributed by atoms with E-state index in [1.165, 1.54) is 0 Å². The van der Waals surface area contributed by atoms with Crippen LogP contribution < -0.4 is 10.6 Å². The number of H-pyrrole nitrogens is 1. The third-order valence-electron chi connectivity index (χ3n) is 3.84. The van der Waals surface area contributed by atoms with E-state index in [0.717, 1.165) is 36.1 Å². The minimum Gasteiger partial charge on any atom is -0.350 e. The maximum absolute atomic E-state index is 6.31. The van der Waals surface area contributed by atoms with Crippen molar-refractivity contribution in [3.63, 3.8) is 0 Å². The van der Waals surface area contributed by atoms with Gasteiger partial charge in [-0.1, -0.05) is 11.6 Å². The quantitative estimate of drug-likeness (QED) is 0.692. The van der Waals surface area contributed by atoms with E-state index in [2.05, 4.69) is 30.6 Å². The van der Waals surface area contributed by atoms with Crippen LogP contribution in [0, 0.1) is 0 Å². The summed E-state index contributed by atoms with van der Waals surface area (Å²) in [5.41, 5.74) is 2.47. The normalized spacial score (nSPS) is 18.0. The van der Waals surface area contributed by atoms with E-state index in [0.29, 0.717) is 22.7 Å². The predicted molar refractivity (Wildman–Crippen MR) is 87.0 cm³/mol. The summed E-state index contributed by atoms with van der Waals surface area (Å²) in [5.74, 6) is 0.603. The molecular weight excluding hydrogens is 300 g/mol. The van der Waals surface area contributed by atoms with Crippen molar-refractivity contribution in [2.75, 3.05) is 18.4 Å². The van der Waals surface area contributed by atoms with E-state index in [1.54, 1.807) is 12.4 Å². The van der Waals surface area contributed by atoms with Crippen molar-refractivity contribution in [1.82, 2.24) is 25.3 Å². The Morgan fingerprint density at radius 3 is 3.14 bits per heavy atom. The van der Waals surface area contributed by atoms with Crippen molar-refractivity contribution in [3.8, 4) is 11.3 Å². The van der Waals surface area contributed by atoms with Gasteiger partial charge in [0.1, 0.15) is 5.65 Å². The lowest BCUT2D eigenvalue weighted by molar-refractivity contribution is 0.781. The summed E-state index contributed by atoms with van der Waals surface area (Å²) < 4.78 is 0. The summed E-state index contributed by atoms with van der Waals surface area (Å²) in [6, 6.07) is 4.26. The first-order chi connectivity index (χ1) is 10.8. The zero-order chi connectivity index (χ0) is 14.9. The molecule has 0 bridgehead atoms. The highest BCUT2D eigenvalue weighted by atomic mass is 35.5. The van der Waals surface area contributed by atoms with E-state index >= 15 is 0 Å². The molecule has 4 rings (SSSR count). The Morgan fingerprint density at radius 1 is 1.32 bits per heavy atom. The van der Waals surface area contributed by atoms with Crippen LogP contribution in [0.15, 0.2) is 30.7 Å². The molecule has 3 aromatic rings. The number of hydrogen-bond acceptors (Lipinski definition) is 5. The number of pyridine rings is 1. The van der Waals surface area contributed by atoms with E-state index in [9.17, 15) is 0 Å². The number of hydrogen-bond donors (Lipinski definition) is 3. The van der Waals surface area contributed by atoms with Gasteiger partial charge >= 0.3 is 0 Å². The van der Waals surface area contributed by atoms with Gasteiger partial charge in [0.05, 0.1) is 16.9 Å². The molecule has 4 heterocycles. The summed E-state index contributed by atoms with van der Waals surface area (Å²) in [4.78, 5) is 16.3. The first-order valence-electron chi connectivity index (χ1n) is 7.23. The number of halogens is 1. The first-order valence-corrected chi connectivity index (χ1v) is 7.61. The van der Waals surface area contributed by atoms with Gasteiger partial charge in [-0.2, -0.15) is 0 Å². The van der Waals surface area contributed by atoms with Crippen LogP contribution in [0.3, 0.4) is 0 Å². The fourth-order valence-corrected chi connectivity index (χ4v) is 2.93. The molecule has 7 heteroatoms. The molecule has 1 aliphatic rings. The van der Waals surface area contributed by atoms with Crippen molar-refractivity contribution in [1.29, 1.82) is 0 Å². The molecule has 0 aromatic carbocycles. The molecule has 0 radical (unpaired) electrons. The second-order valence-electron chi connectivity index (χ2n) is 5.33. The molecule has 6 nitrogen and oxygen atoms in total. The molecule has 3 N–H and O–H groups in total. The number of anilines is 1. The smallest absolute Gasteiger partial charge is 0.223 e. The van der Waals surface area contributed by atoms with Gasteiger partial charge in [-0.05, 0) is 25.1 Å². The SMILES string of the molecule is Clc1cnc(NC2CCNC2)nc1-c1c[nH]c2ncccc12. The van der Waals surface area contributed by atoms with Crippen molar-refractivity contribution in [2.45, 2.75) is 12.5 Å². The Bertz CT molecular complexity index is 809. The van der Waals surface area contributed by atoms with Crippen LogP contribution in [0.5, 0.6) is 0 Å². The molecule has 3 aromatic heterocycles. The van der Waals surface area contributed by atoms with Crippen LogP contribution in [0.4, 0.5) is 5.95 Å². The summed E-state index contributed by atoms with van der Waals surface area (Å²) in [7, 11) is 0. The van der Waals surface area contributed by atoms with E-state index in [1.807, 2.05) is 18.3 Å². The fourth-order valence-electron chi connectivity index (χ4n) is 2.74. The topological polar surface area (TPSA) is 78.5 Å². The number of aromatic nitrogens is 4. The molecule has 0 saturated carbocycles. The molecule has 0 aliphatic carbocycles. The van der Waals surface area contributed by atoms with E-state index in [4.69, 9.17) is 11.6 Å². The van der Waals surface area contributed by atoms with Crippen LogP contribution in [0.25, 0.3) is 22.3 Å². The van der Waals surface area contributed by atoms with Crippen LogP contribution in [-0.2, 0) is 0 Å². The lowest BCUT2D eigenvalue weighted by Crippen LogP contribution is -2.23. The predicted octanol–water partition coefficient (Wildman–Crippen LogP) is 2.45. The zero-order valence-corrected chi connectivity index (χ0v) is 12.6. The molecule has 1 atom stereocenters. The molecule has 1 unspecified atom stereocenters. The average molecular weight is 315 g/mol. The van der Waals surface area contributed by atoms with Gasteiger partial charge in [0.2, 0.25) is 5.95 Å². The van der Waals surface area contributed by atoms with Crippen molar-refractivity contribution < 1.29 is 0 Å². The van der Waals surface area contributed by atoms with Crippen molar-refractivity contribution in [3.05, 3.63) is 35.7 Å². The molecular formula is C15H15ClN6. The number of nitrogens with one attached hydrogen (secondary N) is 3. The number of rotatable bonds is 3. The second-order valence-corrected chi connectivity index (χ2v) is 5.73. The van der Waals surface area contributed by atoms with Crippen LogP contribution in [-0.4, -0.2) is 39.1 Å². The Kier molecular flexibility index (Phi) is 3.40. The fraction of sp³-hybridized carbons (Fsp3) is 0.267. The highest BCUT2D eigenvalue weighted by molar-refractivity contribution is 6.33. The summed E-state index contributed by atoms with van der Waals surface area (Å²) in [6.45, 7) is 1.95. The molecule has 22 heavy (non-hydrogen) atoms. The van der Waals surface area contributed by atoms with Gasteiger partial charge in [0.25, 0.3) is 0 Å². The minimum atomic E-state index is 0.360. The first kappa shape index (κ1) is 13.5. The molecule has 1 fully saturated rings. The minimum absolute atomic E-state index is 0.360. The standard InChI is InChI=1S/C15H15ClN6/c16-12-8-20-15(21-9-3-5-17-6-9)22-13(12)11-7-19-14-10(11)2-1-4-18-14/h1-2,4,7-9,17H,3,5-6H2,(H,18,19)(H,20,21,22). The summed E-state index contributed by atoms with van der Waals surface area (Å²) >= 11 is 6.31. The third kappa shape index (κ3) is 2.40. The monoisotopic (exact) mass is 314 g/mol. The molecule has 0 spiro atoms. The number of nitrogens with zero attached hydrogens (tertiary/aromatic N) is 3.